The molecule has 0 spiro atoms. The molecule has 98 valence electrons. The molecule has 18 heavy (non-hydrogen) atoms. The molecule has 1 aliphatic heterocycles. The molecule has 1 unspecified atom stereocenters. The molecule has 0 aliphatic carbocycles. The van der Waals surface area contributed by atoms with E-state index in [0.717, 1.165) is 0 Å². The molecule has 7 nitrogen and oxygen atoms in total. The van der Waals surface area contributed by atoms with Gasteiger partial charge in [0.15, 0.2) is 5.84 Å². The van der Waals surface area contributed by atoms with Crippen LogP contribution >= 0.6 is 0 Å². The Morgan fingerprint density at radius 3 is 3.17 bits per heavy atom. The van der Waals surface area contributed by atoms with E-state index in [1.807, 2.05) is 11.0 Å². The Kier molecular flexibility index (Phi) is 3.96. The number of oxime groups is 1. The molecule has 1 fully saturated rings. The Bertz CT molecular complexity index is 438. The highest BCUT2D eigenvalue weighted by Gasteiger charge is 2.23. The molecule has 0 saturated carbocycles. The number of aromatic nitrogens is 1. The van der Waals surface area contributed by atoms with Crippen LogP contribution in [-0.4, -0.2) is 53.5 Å². The standard InChI is InChI=1S/C11H16N4O3/c12-11(14-17)9-2-1-3-10(13-9)15-4-5-18-7-8(15)6-16/h1-3,8,16-17H,4-7H2,(H2,12,14). The molecule has 1 aromatic heterocycles. The van der Waals surface area contributed by atoms with Gasteiger partial charge in [0.1, 0.15) is 11.5 Å². The van der Waals surface area contributed by atoms with Gasteiger partial charge in [0.2, 0.25) is 0 Å². The number of morpholine rings is 1. The van der Waals surface area contributed by atoms with Gasteiger partial charge in [0.05, 0.1) is 25.9 Å². The van der Waals surface area contributed by atoms with Crippen molar-refractivity contribution in [2.24, 2.45) is 10.9 Å². The van der Waals surface area contributed by atoms with Crippen LogP contribution in [0.2, 0.25) is 0 Å². The van der Waals surface area contributed by atoms with Crippen LogP contribution in [0.5, 0.6) is 0 Å². The van der Waals surface area contributed by atoms with Crippen LogP contribution in [0.4, 0.5) is 5.82 Å². The van der Waals surface area contributed by atoms with Gasteiger partial charge in [-0.05, 0) is 12.1 Å². The fourth-order valence-electron chi connectivity index (χ4n) is 1.88. The van der Waals surface area contributed by atoms with Crippen molar-refractivity contribution >= 4 is 11.7 Å². The molecule has 4 N–H and O–H groups in total. The predicted octanol–water partition coefficient (Wildman–Crippen LogP) is -0.626. The molecule has 1 saturated heterocycles. The number of amidine groups is 1. The summed E-state index contributed by atoms with van der Waals surface area (Å²) in [5, 5.41) is 20.9. The predicted molar refractivity (Wildman–Crippen MR) is 65.8 cm³/mol. The number of rotatable bonds is 3. The molecular weight excluding hydrogens is 236 g/mol. The van der Waals surface area contributed by atoms with Crippen molar-refractivity contribution in [2.45, 2.75) is 6.04 Å². The van der Waals surface area contributed by atoms with Crippen molar-refractivity contribution in [1.29, 1.82) is 0 Å². The average molecular weight is 252 g/mol. The van der Waals surface area contributed by atoms with Crippen LogP contribution in [0.1, 0.15) is 5.69 Å². The van der Waals surface area contributed by atoms with Gasteiger partial charge in [0, 0.05) is 6.54 Å². The zero-order chi connectivity index (χ0) is 13.0. The molecule has 7 heteroatoms. The number of pyridine rings is 1. The monoisotopic (exact) mass is 252 g/mol. The van der Waals surface area contributed by atoms with Crippen molar-refractivity contribution in [3.63, 3.8) is 0 Å². The van der Waals surface area contributed by atoms with Crippen molar-refractivity contribution in [3.05, 3.63) is 23.9 Å². The summed E-state index contributed by atoms with van der Waals surface area (Å²) in [6.45, 7) is 1.70. The Labute approximate surface area is 104 Å². The third-order valence-electron chi connectivity index (χ3n) is 2.84. The van der Waals surface area contributed by atoms with Crippen LogP contribution in [0.15, 0.2) is 23.4 Å². The van der Waals surface area contributed by atoms with Gasteiger partial charge in [-0.2, -0.15) is 0 Å². The topological polar surface area (TPSA) is 104 Å². The third-order valence-corrected chi connectivity index (χ3v) is 2.84. The van der Waals surface area contributed by atoms with E-state index in [9.17, 15) is 5.11 Å². The zero-order valence-electron chi connectivity index (χ0n) is 9.86. The average Bonchev–Trinajstić information content (AvgIpc) is 2.46. The molecule has 0 amide bonds. The number of anilines is 1. The van der Waals surface area contributed by atoms with E-state index in [-0.39, 0.29) is 18.5 Å². The molecule has 1 atom stereocenters. The fourth-order valence-corrected chi connectivity index (χ4v) is 1.88. The van der Waals surface area contributed by atoms with Crippen LogP contribution in [-0.2, 0) is 4.74 Å². The fraction of sp³-hybridized carbons (Fsp3) is 0.455. The number of nitrogens with zero attached hydrogens (tertiary/aromatic N) is 3. The minimum Gasteiger partial charge on any atom is -0.409 e. The largest absolute Gasteiger partial charge is 0.409 e. The smallest absolute Gasteiger partial charge is 0.188 e. The van der Waals surface area contributed by atoms with Crippen molar-refractivity contribution < 1.29 is 15.1 Å². The maximum Gasteiger partial charge on any atom is 0.188 e. The van der Waals surface area contributed by atoms with Gasteiger partial charge < -0.3 is 25.7 Å². The summed E-state index contributed by atoms with van der Waals surface area (Å²) in [5.74, 6) is 0.645. The van der Waals surface area contributed by atoms with Gasteiger partial charge in [-0.25, -0.2) is 4.98 Å². The molecule has 2 heterocycles. The first-order valence-corrected chi connectivity index (χ1v) is 5.66. The second kappa shape index (κ2) is 5.65. The summed E-state index contributed by atoms with van der Waals surface area (Å²) >= 11 is 0. The summed E-state index contributed by atoms with van der Waals surface area (Å²) in [7, 11) is 0. The molecule has 0 radical (unpaired) electrons. The minimum atomic E-state index is -0.117. The molecular formula is C11H16N4O3. The van der Waals surface area contributed by atoms with Crippen LogP contribution in [0.25, 0.3) is 0 Å². The van der Waals surface area contributed by atoms with Crippen molar-refractivity contribution in [1.82, 2.24) is 4.98 Å². The lowest BCUT2D eigenvalue weighted by Gasteiger charge is -2.35. The normalized spacial score (nSPS) is 21.1. The number of aliphatic hydroxyl groups is 1. The van der Waals surface area contributed by atoms with Crippen LogP contribution in [0.3, 0.4) is 0 Å². The first-order valence-electron chi connectivity index (χ1n) is 5.66. The Morgan fingerprint density at radius 1 is 1.61 bits per heavy atom. The van der Waals surface area contributed by atoms with E-state index < -0.39 is 0 Å². The zero-order valence-corrected chi connectivity index (χ0v) is 9.86. The highest BCUT2D eigenvalue weighted by molar-refractivity contribution is 5.95. The number of hydrogen-bond acceptors (Lipinski definition) is 6. The summed E-state index contributed by atoms with van der Waals surface area (Å²) < 4.78 is 5.31. The highest BCUT2D eigenvalue weighted by atomic mass is 16.5. The van der Waals surface area contributed by atoms with Gasteiger partial charge in [-0.1, -0.05) is 11.2 Å². The maximum absolute atomic E-state index is 9.31. The summed E-state index contributed by atoms with van der Waals surface area (Å²) in [6, 6.07) is 5.14. The van der Waals surface area contributed by atoms with Gasteiger partial charge in [-0.15, -0.1) is 0 Å². The quantitative estimate of drug-likeness (QED) is 0.286. The lowest BCUT2D eigenvalue weighted by molar-refractivity contribution is 0.0723. The summed E-state index contributed by atoms with van der Waals surface area (Å²) in [4.78, 5) is 6.26. The Balaban J connectivity index is 2.26. The maximum atomic E-state index is 9.31. The van der Waals surface area contributed by atoms with Gasteiger partial charge in [0.25, 0.3) is 0 Å². The van der Waals surface area contributed by atoms with Gasteiger partial charge in [-0.3, -0.25) is 0 Å². The molecule has 1 aliphatic rings. The number of nitrogens with two attached hydrogens (primary N) is 1. The Morgan fingerprint density at radius 2 is 2.44 bits per heavy atom. The molecule has 2 rings (SSSR count). The van der Waals surface area contributed by atoms with Crippen LogP contribution in [0, 0.1) is 0 Å². The second-order valence-corrected chi connectivity index (χ2v) is 3.97. The van der Waals surface area contributed by atoms with Gasteiger partial charge >= 0.3 is 0 Å². The van der Waals surface area contributed by atoms with E-state index in [4.69, 9.17) is 15.7 Å². The third kappa shape index (κ3) is 2.52. The van der Waals surface area contributed by atoms with E-state index in [2.05, 4.69) is 10.1 Å². The molecule has 0 bridgehead atoms. The first kappa shape index (κ1) is 12.6. The minimum absolute atomic E-state index is 0.00449. The van der Waals surface area contributed by atoms with E-state index in [1.54, 1.807) is 12.1 Å². The highest BCUT2D eigenvalue weighted by Crippen LogP contribution is 2.17. The van der Waals surface area contributed by atoms with Crippen molar-refractivity contribution in [2.75, 3.05) is 31.3 Å². The molecule has 1 aromatic rings. The first-order chi connectivity index (χ1) is 8.76. The SMILES string of the molecule is N/C(=N/O)c1cccc(N2CCOCC2CO)n1. The lowest BCUT2D eigenvalue weighted by Crippen LogP contribution is -2.48. The van der Waals surface area contributed by atoms with E-state index in [0.29, 0.717) is 31.3 Å². The second-order valence-electron chi connectivity index (χ2n) is 3.97. The van der Waals surface area contributed by atoms with E-state index >= 15 is 0 Å². The number of hydrogen-bond donors (Lipinski definition) is 3. The summed E-state index contributed by atoms with van der Waals surface area (Å²) in [6.07, 6.45) is 0. The van der Waals surface area contributed by atoms with Crippen molar-refractivity contribution in [3.8, 4) is 0 Å². The van der Waals surface area contributed by atoms with Crippen LogP contribution < -0.4 is 10.6 Å². The lowest BCUT2D eigenvalue weighted by atomic mass is 10.2. The number of aliphatic hydroxyl groups excluding tert-OH is 1. The Hall–Kier alpha value is -1.86. The summed E-state index contributed by atoms with van der Waals surface area (Å²) in [5.41, 5.74) is 5.91. The molecule has 0 aromatic carbocycles. The van der Waals surface area contributed by atoms with E-state index in [1.165, 1.54) is 0 Å². The number of ether oxygens (including phenoxy) is 1.